The van der Waals surface area contributed by atoms with Crippen molar-refractivity contribution >= 4 is 27.3 Å². The molecule has 28 heavy (non-hydrogen) atoms. The first-order valence-corrected chi connectivity index (χ1v) is 10.9. The van der Waals surface area contributed by atoms with Crippen LogP contribution in [-0.4, -0.2) is 51.9 Å². The van der Waals surface area contributed by atoms with Gasteiger partial charge in [0.25, 0.3) is 0 Å². The number of nitrogens with one attached hydrogen (secondary N) is 1. The molecule has 3 N–H and O–H groups in total. The van der Waals surface area contributed by atoms with Crippen LogP contribution in [0.25, 0.3) is 0 Å². The lowest BCUT2D eigenvalue weighted by Crippen LogP contribution is -2.48. The molecule has 8 heteroatoms. The lowest BCUT2D eigenvalue weighted by atomic mass is 10.1. The van der Waals surface area contributed by atoms with Crippen molar-refractivity contribution in [3.63, 3.8) is 0 Å². The van der Waals surface area contributed by atoms with Crippen LogP contribution in [0.1, 0.15) is 12.5 Å². The number of aryl methyl sites for hydroxylation is 1. The molecule has 0 atom stereocenters. The van der Waals surface area contributed by atoms with E-state index in [1.165, 1.54) is 17.7 Å². The topological polar surface area (TPSA) is 95.7 Å². The number of hydrogen-bond donors (Lipinski definition) is 2. The highest BCUT2D eigenvalue weighted by Gasteiger charge is 2.19. The number of piperazine rings is 1. The molecule has 1 saturated heterocycles. The first kappa shape index (κ1) is 20.3. The highest BCUT2D eigenvalue weighted by atomic mass is 32.2. The van der Waals surface area contributed by atoms with Crippen molar-refractivity contribution in [2.45, 2.75) is 18.2 Å². The number of rotatable bonds is 6. The molecule has 2 aromatic rings. The van der Waals surface area contributed by atoms with E-state index in [1.807, 2.05) is 24.3 Å². The second-order valence-electron chi connectivity index (χ2n) is 6.90. The Labute approximate surface area is 166 Å². The van der Waals surface area contributed by atoms with Crippen molar-refractivity contribution in [3.05, 3.63) is 54.1 Å². The predicted octanol–water partition coefficient (Wildman–Crippen LogP) is 1.66. The van der Waals surface area contributed by atoms with Gasteiger partial charge in [-0.15, -0.1) is 0 Å². The van der Waals surface area contributed by atoms with Gasteiger partial charge in [0, 0.05) is 37.6 Å². The van der Waals surface area contributed by atoms with E-state index < -0.39 is 10.0 Å². The third-order valence-electron chi connectivity index (χ3n) is 4.92. The fourth-order valence-electron chi connectivity index (χ4n) is 3.24. The van der Waals surface area contributed by atoms with Gasteiger partial charge in [0.1, 0.15) is 0 Å². The number of hydrogen-bond acceptors (Lipinski definition) is 5. The number of sulfonamides is 1. The zero-order chi connectivity index (χ0) is 20.1. The number of primary sulfonamides is 1. The van der Waals surface area contributed by atoms with Gasteiger partial charge in [0.05, 0.1) is 11.4 Å². The zero-order valence-electron chi connectivity index (χ0n) is 16.0. The number of amides is 1. The lowest BCUT2D eigenvalue weighted by molar-refractivity contribution is -0.117. The molecule has 3 rings (SSSR count). The number of nitrogens with zero attached hydrogens (tertiary/aromatic N) is 2. The molecule has 0 radical (unpaired) electrons. The molecular weight excluding hydrogens is 376 g/mol. The van der Waals surface area contributed by atoms with E-state index in [-0.39, 0.29) is 10.8 Å². The first-order chi connectivity index (χ1) is 13.3. The Hall–Kier alpha value is -2.42. The van der Waals surface area contributed by atoms with Crippen molar-refractivity contribution < 1.29 is 13.2 Å². The first-order valence-electron chi connectivity index (χ1n) is 9.34. The molecule has 1 fully saturated rings. The summed E-state index contributed by atoms with van der Waals surface area (Å²) in [6.07, 6.45) is 0.975. The molecule has 1 aliphatic rings. The van der Waals surface area contributed by atoms with Crippen LogP contribution in [0.2, 0.25) is 0 Å². The molecule has 0 aromatic heterocycles. The molecule has 1 heterocycles. The summed E-state index contributed by atoms with van der Waals surface area (Å²) in [7, 11) is -3.67. The summed E-state index contributed by atoms with van der Waals surface area (Å²) < 4.78 is 22.7. The Balaban J connectivity index is 1.48. The van der Waals surface area contributed by atoms with E-state index in [4.69, 9.17) is 5.14 Å². The maximum absolute atomic E-state index is 12.3. The van der Waals surface area contributed by atoms with Crippen LogP contribution in [0.3, 0.4) is 0 Å². The second-order valence-corrected chi connectivity index (χ2v) is 8.46. The van der Waals surface area contributed by atoms with E-state index in [0.29, 0.717) is 6.54 Å². The number of anilines is 2. The van der Waals surface area contributed by atoms with Crippen LogP contribution in [-0.2, 0) is 21.2 Å². The van der Waals surface area contributed by atoms with Gasteiger partial charge in [-0.3, -0.25) is 9.69 Å². The van der Waals surface area contributed by atoms with Crippen molar-refractivity contribution in [2.24, 2.45) is 5.14 Å². The summed E-state index contributed by atoms with van der Waals surface area (Å²) >= 11 is 0. The van der Waals surface area contributed by atoms with Crippen LogP contribution in [0.4, 0.5) is 11.4 Å². The average Bonchev–Trinajstić information content (AvgIpc) is 2.68. The normalized spacial score (nSPS) is 15.4. The Bertz CT molecular complexity index is 903. The molecule has 1 aliphatic heterocycles. The number of carbonyl (C=O) groups is 1. The molecule has 7 nitrogen and oxygen atoms in total. The van der Waals surface area contributed by atoms with Gasteiger partial charge in [0.15, 0.2) is 0 Å². The van der Waals surface area contributed by atoms with E-state index in [0.717, 1.165) is 44.0 Å². The SMILES string of the molecule is CCc1ccc(NC(=O)CN2CCN(c3ccc(S(N)(=O)=O)cc3)CC2)cc1. The van der Waals surface area contributed by atoms with Crippen LogP contribution in [0.5, 0.6) is 0 Å². The molecule has 0 bridgehead atoms. The molecular formula is C20H26N4O3S. The quantitative estimate of drug-likeness (QED) is 0.766. The van der Waals surface area contributed by atoms with Gasteiger partial charge in [-0.1, -0.05) is 19.1 Å². The summed E-state index contributed by atoms with van der Waals surface area (Å²) in [5, 5.41) is 8.07. The fraction of sp³-hybridized carbons (Fsp3) is 0.350. The summed E-state index contributed by atoms with van der Waals surface area (Å²) in [4.78, 5) is 16.7. The molecule has 150 valence electrons. The minimum absolute atomic E-state index is 0.0183. The zero-order valence-corrected chi connectivity index (χ0v) is 16.8. The molecule has 0 saturated carbocycles. The molecule has 0 unspecified atom stereocenters. The minimum atomic E-state index is -3.67. The largest absolute Gasteiger partial charge is 0.369 e. The van der Waals surface area contributed by atoms with Gasteiger partial charge < -0.3 is 10.2 Å². The van der Waals surface area contributed by atoms with Gasteiger partial charge in [-0.05, 0) is 48.4 Å². The molecule has 0 aliphatic carbocycles. The Morgan fingerprint density at radius 1 is 1.00 bits per heavy atom. The third kappa shape index (κ3) is 5.31. The number of nitrogens with two attached hydrogens (primary N) is 1. The van der Waals surface area contributed by atoms with Crippen molar-refractivity contribution in [1.29, 1.82) is 0 Å². The number of carbonyl (C=O) groups excluding carboxylic acids is 1. The Kier molecular flexibility index (Phi) is 6.33. The maximum Gasteiger partial charge on any atom is 0.238 e. The van der Waals surface area contributed by atoms with E-state index in [2.05, 4.69) is 22.0 Å². The van der Waals surface area contributed by atoms with Crippen molar-refractivity contribution in [2.75, 3.05) is 42.9 Å². The minimum Gasteiger partial charge on any atom is -0.369 e. The van der Waals surface area contributed by atoms with Crippen LogP contribution in [0.15, 0.2) is 53.4 Å². The van der Waals surface area contributed by atoms with Gasteiger partial charge in [-0.25, -0.2) is 13.6 Å². The summed E-state index contributed by atoms with van der Waals surface area (Å²) in [6, 6.07) is 14.5. The summed E-state index contributed by atoms with van der Waals surface area (Å²) in [5.41, 5.74) is 3.01. The molecule has 1 amide bonds. The van der Waals surface area contributed by atoms with Crippen LogP contribution < -0.4 is 15.4 Å². The summed E-state index contributed by atoms with van der Waals surface area (Å²) in [5.74, 6) is -0.0183. The van der Waals surface area contributed by atoms with Gasteiger partial charge in [0.2, 0.25) is 15.9 Å². The van der Waals surface area contributed by atoms with Crippen LogP contribution in [0, 0.1) is 0 Å². The smallest absolute Gasteiger partial charge is 0.238 e. The maximum atomic E-state index is 12.3. The standard InChI is InChI=1S/C20H26N4O3S/c1-2-16-3-5-17(6-4-16)22-20(25)15-23-11-13-24(14-12-23)18-7-9-19(10-8-18)28(21,26)27/h3-10H,2,11-15H2,1H3,(H,22,25)(H2,21,26,27). The number of benzene rings is 2. The molecule has 2 aromatic carbocycles. The third-order valence-corrected chi connectivity index (χ3v) is 5.85. The predicted molar refractivity (Wildman–Crippen MR) is 111 cm³/mol. The molecule has 0 spiro atoms. The van der Waals surface area contributed by atoms with Gasteiger partial charge in [-0.2, -0.15) is 0 Å². The monoisotopic (exact) mass is 402 g/mol. The van der Waals surface area contributed by atoms with Crippen LogP contribution >= 0.6 is 0 Å². The van der Waals surface area contributed by atoms with Crippen molar-refractivity contribution in [1.82, 2.24) is 4.90 Å². The Morgan fingerprint density at radius 3 is 2.14 bits per heavy atom. The lowest BCUT2D eigenvalue weighted by Gasteiger charge is -2.35. The second kappa shape index (κ2) is 8.72. The Morgan fingerprint density at radius 2 is 1.61 bits per heavy atom. The van der Waals surface area contributed by atoms with E-state index in [9.17, 15) is 13.2 Å². The van der Waals surface area contributed by atoms with E-state index in [1.54, 1.807) is 12.1 Å². The highest BCUT2D eigenvalue weighted by molar-refractivity contribution is 7.89. The average molecular weight is 403 g/mol. The van der Waals surface area contributed by atoms with E-state index >= 15 is 0 Å². The fourth-order valence-corrected chi connectivity index (χ4v) is 3.75. The summed E-state index contributed by atoms with van der Waals surface area (Å²) in [6.45, 7) is 5.52. The highest BCUT2D eigenvalue weighted by Crippen LogP contribution is 2.19. The van der Waals surface area contributed by atoms with Gasteiger partial charge >= 0.3 is 0 Å². The van der Waals surface area contributed by atoms with Crippen molar-refractivity contribution in [3.8, 4) is 0 Å².